The maximum absolute atomic E-state index is 11.9. The van der Waals surface area contributed by atoms with E-state index in [2.05, 4.69) is 22.4 Å². The Morgan fingerprint density at radius 3 is 2.78 bits per heavy atom. The Balaban J connectivity index is 1.97. The molecule has 1 saturated carbocycles. The third kappa shape index (κ3) is 4.44. The molecule has 1 aromatic heterocycles. The van der Waals surface area contributed by atoms with E-state index in [4.69, 9.17) is 11.5 Å². The van der Waals surface area contributed by atoms with Crippen LogP contribution in [0.2, 0.25) is 0 Å². The Morgan fingerprint density at radius 2 is 2.11 bits per heavy atom. The summed E-state index contributed by atoms with van der Waals surface area (Å²) in [5.41, 5.74) is 15.1. The number of pyridine rings is 1. The van der Waals surface area contributed by atoms with Crippen molar-refractivity contribution in [3.8, 4) is 6.07 Å². The number of aromatic nitrogens is 1. The SMILES string of the molecule is Cc1cccc(Cc2nc(N[C@@H]3CCCC[C@@H]3N)c(C#N)cc2C(N)=O)c1. The maximum atomic E-state index is 11.9. The van der Waals surface area contributed by atoms with E-state index in [9.17, 15) is 10.1 Å². The van der Waals surface area contributed by atoms with Gasteiger partial charge in [0, 0.05) is 18.5 Å². The first-order valence-corrected chi connectivity index (χ1v) is 9.29. The first-order chi connectivity index (χ1) is 13.0. The van der Waals surface area contributed by atoms with Gasteiger partial charge in [-0.15, -0.1) is 0 Å². The molecule has 6 nitrogen and oxygen atoms in total. The molecule has 0 spiro atoms. The van der Waals surface area contributed by atoms with Gasteiger partial charge in [0.25, 0.3) is 5.91 Å². The Bertz CT molecular complexity index is 887. The van der Waals surface area contributed by atoms with Crippen LogP contribution in [-0.2, 0) is 6.42 Å². The van der Waals surface area contributed by atoms with E-state index in [1.807, 2.05) is 25.1 Å². The molecule has 3 rings (SSSR count). The van der Waals surface area contributed by atoms with E-state index in [1.165, 1.54) is 6.07 Å². The van der Waals surface area contributed by atoms with E-state index >= 15 is 0 Å². The fourth-order valence-corrected chi connectivity index (χ4v) is 3.62. The number of carbonyl (C=O) groups excluding carboxylic acids is 1. The number of rotatable bonds is 5. The summed E-state index contributed by atoms with van der Waals surface area (Å²) in [5.74, 6) is -0.102. The molecule has 1 amide bonds. The highest BCUT2D eigenvalue weighted by atomic mass is 16.1. The molecule has 6 heteroatoms. The minimum absolute atomic E-state index is 0.0307. The van der Waals surface area contributed by atoms with E-state index in [1.54, 1.807) is 0 Å². The molecule has 0 saturated heterocycles. The number of benzene rings is 1. The number of amides is 1. The lowest BCUT2D eigenvalue weighted by Crippen LogP contribution is -2.43. The van der Waals surface area contributed by atoms with Gasteiger partial charge in [-0.3, -0.25) is 4.79 Å². The third-order valence-corrected chi connectivity index (χ3v) is 5.08. The highest BCUT2D eigenvalue weighted by Crippen LogP contribution is 2.25. The highest BCUT2D eigenvalue weighted by Gasteiger charge is 2.24. The normalized spacial score (nSPS) is 19.3. The summed E-state index contributed by atoms with van der Waals surface area (Å²) in [6.07, 6.45) is 4.59. The molecule has 0 bridgehead atoms. The number of hydrogen-bond donors (Lipinski definition) is 3. The van der Waals surface area contributed by atoms with Crippen LogP contribution in [0.25, 0.3) is 0 Å². The van der Waals surface area contributed by atoms with Crippen molar-refractivity contribution in [1.29, 1.82) is 5.26 Å². The summed E-state index contributed by atoms with van der Waals surface area (Å²) >= 11 is 0. The fraction of sp³-hybridized carbons (Fsp3) is 0.381. The summed E-state index contributed by atoms with van der Waals surface area (Å²) in [4.78, 5) is 16.6. The van der Waals surface area contributed by atoms with Crippen LogP contribution in [0.1, 0.15) is 58.4 Å². The number of nitrogens with zero attached hydrogens (tertiary/aromatic N) is 2. The molecule has 1 heterocycles. The molecule has 0 radical (unpaired) electrons. The average Bonchev–Trinajstić information content (AvgIpc) is 2.63. The van der Waals surface area contributed by atoms with Gasteiger partial charge in [-0.25, -0.2) is 4.98 Å². The summed E-state index contributed by atoms with van der Waals surface area (Å²) in [6.45, 7) is 2.02. The Labute approximate surface area is 159 Å². The van der Waals surface area contributed by atoms with Gasteiger partial charge in [0.15, 0.2) is 0 Å². The van der Waals surface area contributed by atoms with E-state index in [0.29, 0.717) is 23.5 Å². The minimum atomic E-state index is -0.581. The van der Waals surface area contributed by atoms with Crippen LogP contribution in [0.5, 0.6) is 0 Å². The molecule has 2 aromatic rings. The summed E-state index contributed by atoms with van der Waals surface area (Å²) in [7, 11) is 0. The number of carbonyl (C=O) groups is 1. The van der Waals surface area contributed by atoms with Gasteiger partial charge in [0.2, 0.25) is 0 Å². The molecule has 0 aliphatic heterocycles. The van der Waals surface area contributed by atoms with Gasteiger partial charge in [-0.05, 0) is 31.4 Å². The van der Waals surface area contributed by atoms with Crippen molar-refractivity contribution in [1.82, 2.24) is 4.98 Å². The minimum Gasteiger partial charge on any atom is -0.366 e. The molecule has 140 valence electrons. The number of nitrogens with one attached hydrogen (secondary N) is 1. The molecule has 27 heavy (non-hydrogen) atoms. The number of hydrogen-bond acceptors (Lipinski definition) is 5. The smallest absolute Gasteiger partial charge is 0.250 e. The molecule has 2 atom stereocenters. The second-order valence-electron chi connectivity index (χ2n) is 7.22. The van der Waals surface area contributed by atoms with Crippen molar-refractivity contribution < 1.29 is 4.79 Å². The van der Waals surface area contributed by atoms with Crippen molar-refractivity contribution in [3.05, 3.63) is 58.3 Å². The molecule has 0 unspecified atom stereocenters. The second kappa shape index (κ2) is 8.19. The lowest BCUT2D eigenvalue weighted by atomic mass is 9.91. The van der Waals surface area contributed by atoms with Crippen LogP contribution in [0, 0.1) is 18.3 Å². The van der Waals surface area contributed by atoms with E-state index in [0.717, 1.165) is 36.8 Å². The lowest BCUT2D eigenvalue weighted by molar-refractivity contribution is 0.0999. The van der Waals surface area contributed by atoms with Crippen LogP contribution in [0.3, 0.4) is 0 Å². The quantitative estimate of drug-likeness (QED) is 0.755. The van der Waals surface area contributed by atoms with Crippen LogP contribution in [-0.4, -0.2) is 23.0 Å². The maximum Gasteiger partial charge on any atom is 0.250 e. The van der Waals surface area contributed by atoms with Crippen molar-refractivity contribution in [2.24, 2.45) is 11.5 Å². The van der Waals surface area contributed by atoms with Crippen LogP contribution < -0.4 is 16.8 Å². The molecule has 1 aliphatic rings. The average molecular weight is 363 g/mol. The molecule has 1 aromatic carbocycles. The molecule has 5 N–H and O–H groups in total. The van der Waals surface area contributed by atoms with Crippen LogP contribution in [0.4, 0.5) is 5.82 Å². The largest absolute Gasteiger partial charge is 0.366 e. The van der Waals surface area contributed by atoms with E-state index in [-0.39, 0.29) is 17.6 Å². The number of nitrogens with two attached hydrogens (primary N) is 2. The molecule has 1 aliphatic carbocycles. The second-order valence-corrected chi connectivity index (χ2v) is 7.22. The first-order valence-electron chi connectivity index (χ1n) is 9.29. The summed E-state index contributed by atoms with van der Waals surface area (Å²) in [5, 5.41) is 12.9. The number of aryl methyl sites for hydroxylation is 1. The molecule has 1 fully saturated rings. The molecular weight excluding hydrogens is 338 g/mol. The Hall–Kier alpha value is -2.91. The topological polar surface area (TPSA) is 118 Å². The number of anilines is 1. The zero-order valence-electron chi connectivity index (χ0n) is 15.5. The van der Waals surface area contributed by atoms with Gasteiger partial charge >= 0.3 is 0 Å². The number of primary amides is 1. The van der Waals surface area contributed by atoms with Crippen molar-refractivity contribution in [2.75, 3.05) is 5.32 Å². The highest BCUT2D eigenvalue weighted by molar-refractivity contribution is 5.94. The Morgan fingerprint density at radius 1 is 1.33 bits per heavy atom. The standard InChI is InChI=1S/C21H25N5O/c1-13-5-4-6-14(9-13)10-19-16(20(24)27)11-15(12-22)21(26-19)25-18-8-3-2-7-17(18)23/h4-6,9,11,17-18H,2-3,7-8,10,23H2,1H3,(H2,24,27)(H,25,26)/t17-,18+/m0/s1. The van der Waals surface area contributed by atoms with Gasteiger partial charge in [-0.2, -0.15) is 5.26 Å². The Kier molecular flexibility index (Phi) is 5.72. The fourth-order valence-electron chi connectivity index (χ4n) is 3.62. The van der Waals surface area contributed by atoms with Gasteiger partial charge < -0.3 is 16.8 Å². The first kappa shape index (κ1) is 18.9. The lowest BCUT2D eigenvalue weighted by Gasteiger charge is -2.30. The van der Waals surface area contributed by atoms with Gasteiger partial charge in [0.1, 0.15) is 11.9 Å². The summed E-state index contributed by atoms with van der Waals surface area (Å²) < 4.78 is 0. The third-order valence-electron chi connectivity index (χ3n) is 5.08. The van der Waals surface area contributed by atoms with Crippen molar-refractivity contribution >= 4 is 11.7 Å². The van der Waals surface area contributed by atoms with Crippen molar-refractivity contribution in [3.63, 3.8) is 0 Å². The van der Waals surface area contributed by atoms with E-state index < -0.39 is 5.91 Å². The predicted octanol–water partition coefficient (Wildman–Crippen LogP) is 2.63. The van der Waals surface area contributed by atoms with Gasteiger partial charge in [-0.1, -0.05) is 42.7 Å². The summed E-state index contributed by atoms with van der Waals surface area (Å²) in [6, 6.07) is 11.8. The monoisotopic (exact) mass is 363 g/mol. The zero-order chi connectivity index (χ0) is 19.4. The van der Waals surface area contributed by atoms with Crippen LogP contribution >= 0.6 is 0 Å². The predicted molar refractivity (Wildman–Crippen MR) is 105 cm³/mol. The zero-order valence-corrected chi connectivity index (χ0v) is 15.5. The van der Waals surface area contributed by atoms with Crippen molar-refractivity contribution in [2.45, 2.75) is 51.1 Å². The van der Waals surface area contributed by atoms with Crippen LogP contribution in [0.15, 0.2) is 30.3 Å². The number of nitriles is 1. The van der Waals surface area contributed by atoms with Gasteiger partial charge in [0.05, 0.1) is 16.8 Å². The molecular formula is C21H25N5O.